The number of nitrogens with one attached hydrogen (secondary N) is 1. The number of rotatable bonds is 14. The number of carbonyl (C=O) groups excluding carboxylic acids is 1. The zero-order valence-electron chi connectivity index (χ0n) is 24.6. The number of sulfonamides is 1. The minimum atomic E-state index is -4.00. The fraction of sp³-hybridized carbons (Fsp3) is 0.406. The van der Waals surface area contributed by atoms with Gasteiger partial charge in [-0.05, 0) is 54.3 Å². The van der Waals surface area contributed by atoms with Crippen molar-refractivity contribution in [2.75, 3.05) is 33.4 Å². The summed E-state index contributed by atoms with van der Waals surface area (Å²) >= 11 is 0. The number of aliphatic hydroxyl groups is 1. The second kappa shape index (κ2) is 14.8. The van der Waals surface area contributed by atoms with Gasteiger partial charge >= 0.3 is 0 Å². The van der Waals surface area contributed by atoms with Gasteiger partial charge in [0.1, 0.15) is 23.4 Å². The number of aliphatic hydroxyl groups excluding tert-OH is 1. The van der Waals surface area contributed by atoms with E-state index in [1.807, 2.05) is 44.2 Å². The minimum absolute atomic E-state index is 0.0409. The zero-order valence-corrected chi connectivity index (χ0v) is 25.4. The van der Waals surface area contributed by atoms with Crippen molar-refractivity contribution in [2.45, 2.75) is 49.8 Å². The zero-order chi connectivity index (χ0) is 31.0. The monoisotopic (exact) mass is 614 g/mol. The predicted octanol–water partition coefficient (Wildman–Crippen LogP) is 4.05. The van der Waals surface area contributed by atoms with Crippen LogP contribution in [0.2, 0.25) is 0 Å². The van der Waals surface area contributed by atoms with Crippen molar-refractivity contribution in [3.05, 3.63) is 89.7 Å². The van der Waals surface area contributed by atoms with E-state index in [-0.39, 0.29) is 47.7 Å². The lowest BCUT2D eigenvalue weighted by molar-refractivity contribution is 0.0769. The second-order valence-corrected chi connectivity index (χ2v) is 12.9. The summed E-state index contributed by atoms with van der Waals surface area (Å²) in [5.41, 5.74) is 0.933. The molecule has 11 heteroatoms. The van der Waals surface area contributed by atoms with Crippen molar-refractivity contribution in [1.29, 1.82) is 0 Å². The highest BCUT2D eigenvalue weighted by molar-refractivity contribution is 7.89. The van der Waals surface area contributed by atoms with E-state index in [0.29, 0.717) is 25.4 Å². The van der Waals surface area contributed by atoms with Crippen LogP contribution in [-0.4, -0.2) is 75.4 Å². The first-order valence-electron chi connectivity index (χ1n) is 14.3. The number of hydrogen-bond acceptors (Lipinski definition) is 7. The molecule has 1 aliphatic heterocycles. The van der Waals surface area contributed by atoms with Crippen LogP contribution in [0.15, 0.2) is 77.7 Å². The third kappa shape index (κ3) is 8.76. The fourth-order valence-electron chi connectivity index (χ4n) is 4.87. The number of nitrogens with zero attached hydrogens (tertiary/aromatic N) is 1. The molecule has 3 aromatic rings. The van der Waals surface area contributed by atoms with Crippen LogP contribution in [-0.2, 0) is 21.2 Å². The Morgan fingerprint density at radius 3 is 2.44 bits per heavy atom. The summed E-state index contributed by atoms with van der Waals surface area (Å²) in [5, 5.41) is 14.4. The first-order valence-corrected chi connectivity index (χ1v) is 15.7. The molecule has 3 atom stereocenters. The SMILES string of the molecule is COc1ccc(S(=O)(=O)N(CC(C)C)CC(O)C(Cc2ccccc2)NC(=O)c2ccc(F)cc2OC2CCOC2)cc1. The third-order valence-corrected chi connectivity index (χ3v) is 8.95. The highest BCUT2D eigenvalue weighted by Crippen LogP contribution is 2.25. The van der Waals surface area contributed by atoms with E-state index in [4.69, 9.17) is 14.2 Å². The van der Waals surface area contributed by atoms with E-state index in [1.54, 1.807) is 12.1 Å². The summed E-state index contributed by atoms with van der Waals surface area (Å²) in [6, 6.07) is 18.1. The summed E-state index contributed by atoms with van der Waals surface area (Å²) in [4.78, 5) is 13.7. The van der Waals surface area contributed by atoms with Gasteiger partial charge in [-0.3, -0.25) is 4.79 Å². The lowest BCUT2D eigenvalue weighted by Gasteiger charge is -2.31. The van der Waals surface area contributed by atoms with Gasteiger partial charge in [-0.25, -0.2) is 12.8 Å². The first kappa shape index (κ1) is 32.4. The molecule has 0 aromatic heterocycles. The quantitative estimate of drug-likeness (QED) is 0.282. The Morgan fingerprint density at radius 2 is 1.81 bits per heavy atom. The predicted molar refractivity (Wildman–Crippen MR) is 160 cm³/mol. The van der Waals surface area contributed by atoms with Crippen molar-refractivity contribution in [1.82, 2.24) is 9.62 Å². The normalized spacial score (nSPS) is 16.7. The molecule has 0 spiro atoms. The topological polar surface area (TPSA) is 114 Å². The molecule has 1 heterocycles. The lowest BCUT2D eigenvalue weighted by Crippen LogP contribution is -2.51. The molecule has 2 N–H and O–H groups in total. The van der Waals surface area contributed by atoms with Crippen molar-refractivity contribution in [3.63, 3.8) is 0 Å². The summed E-state index contributed by atoms with van der Waals surface area (Å²) in [6.07, 6.45) is -0.767. The molecule has 43 heavy (non-hydrogen) atoms. The maximum Gasteiger partial charge on any atom is 0.255 e. The molecule has 9 nitrogen and oxygen atoms in total. The van der Waals surface area contributed by atoms with E-state index < -0.39 is 33.9 Å². The first-order chi connectivity index (χ1) is 20.6. The number of halogens is 1. The van der Waals surface area contributed by atoms with Crippen molar-refractivity contribution in [2.24, 2.45) is 5.92 Å². The van der Waals surface area contributed by atoms with Gasteiger partial charge in [0.15, 0.2) is 0 Å². The van der Waals surface area contributed by atoms with E-state index in [0.717, 1.165) is 11.6 Å². The Hall–Kier alpha value is -3.51. The molecule has 1 aliphatic rings. The Labute approximate surface area is 252 Å². The molecular formula is C32H39FN2O7S. The Bertz CT molecular complexity index is 1450. The minimum Gasteiger partial charge on any atom is -0.497 e. The molecule has 232 valence electrons. The molecule has 1 fully saturated rings. The number of benzene rings is 3. The number of hydrogen-bond donors (Lipinski definition) is 2. The Kier molecular flexibility index (Phi) is 11.1. The molecule has 4 rings (SSSR count). The van der Waals surface area contributed by atoms with Crippen LogP contribution in [0.1, 0.15) is 36.2 Å². The van der Waals surface area contributed by atoms with Gasteiger partial charge in [0.25, 0.3) is 5.91 Å². The maximum absolute atomic E-state index is 14.2. The second-order valence-electron chi connectivity index (χ2n) is 11.0. The highest BCUT2D eigenvalue weighted by atomic mass is 32.2. The number of methoxy groups -OCH3 is 1. The fourth-order valence-corrected chi connectivity index (χ4v) is 6.50. The van der Waals surface area contributed by atoms with Crippen molar-refractivity contribution in [3.8, 4) is 11.5 Å². The van der Waals surface area contributed by atoms with Crippen LogP contribution in [0.25, 0.3) is 0 Å². The molecule has 3 aromatic carbocycles. The average molecular weight is 615 g/mol. The van der Waals surface area contributed by atoms with Crippen LogP contribution in [0.5, 0.6) is 11.5 Å². The highest BCUT2D eigenvalue weighted by Gasteiger charge is 2.32. The largest absolute Gasteiger partial charge is 0.497 e. The molecule has 0 bridgehead atoms. The van der Waals surface area contributed by atoms with E-state index in [1.165, 1.54) is 35.7 Å². The van der Waals surface area contributed by atoms with E-state index >= 15 is 0 Å². The van der Waals surface area contributed by atoms with Crippen LogP contribution in [0, 0.1) is 11.7 Å². The van der Waals surface area contributed by atoms with Crippen LogP contribution < -0.4 is 14.8 Å². The van der Waals surface area contributed by atoms with Crippen LogP contribution >= 0.6 is 0 Å². The van der Waals surface area contributed by atoms with Crippen LogP contribution in [0.3, 0.4) is 0 Å². The van der Waals surface area contributed by atoms with Gasteiger partial charge in [0.2, 0.25) is 10.0 Å². The van der Waals surface area contributed by atoms with Gasteiger partial charge in [-0.15, -0.1) is 0 Å². The maximum atomic E-state index is 14.2. The molecule has 1 amide bonds. The number of ether oxygens (including phenoxy) is 3. The van der Waals surface area contributed by atoms with E-state index in [9.17, 15) is 22.7 Å². The summed E-state index contributed by atoms with van der Waals surface area (Å²) < 4.78 is 59.2. The molecule has 0 radical (unpaired) electrons. The van der Waals surface area contributed by atoms with Gasteiger partial charge in [0.05, 0.1) is 42.9 Å². The van der Waals surface area contributed by atoms with Gasteiger partial charge in [-0.1, -0.05) is 44.2 Å². The third-order valence-electron chi connectivity index (χ3n) is 7.11. The van der Waals surface area contributed by atoms with Gasteiger partial charge in [-0.2, -0.15) is 4.31 Å². The smallest absolute Gasteiger partial charge is 0.255 e. The van der Waals surface area contributed by atoms with Gasteiger partial charge < -0.3 is 24.6 Å². The molecule has 1 saturated heterocycles. The molecular weight excluding hydrogens is 575 g/mol. The molecule has 0 saturated carbocycles. The summed E-state index contributed by atoms with van der Waals surface area (Å²) in [6.45, 7) is 4.50. The standard InChI is InChI=1S/C32H39FN2O7S/c1-22(2)19-35(43(38,39)27-12-10-25(40-3)11-13-27)20-30(36)29(17-23-7-5-4-6-8-23)34-32(37)28-14-9-24(33)18-31(28)42-26-15-16-41-21-26/h4-14,18,22,26,29-30,36H,15-17,19-21H2,1-3H3,(H,34,37). The summed E-state index contributed by atoms with van der Waals surface area (Å²) in [7, 11) is -2.50. The van der Waals surface area contributed by atoms with Gasteiger partial charge in [0, 0.05) is 25.6 Å². The molecule has 0 aliphatic carbocycles. The Balaban J connectivity index is 1.60. The lowest BCUT2D eigenvalue weighted by atomic mass is 10.00. The van der Waals surface area contributed by atoms with Crippen molar-refractivity contribution < 1.29 is 36.9 Å². The average Bonchev–Trinajstić information content (AvgIpc) is 3.50. The number of carbonyl (C=O) groups is 1. The van der Waals surface area contributed by atoms with Crippen molar-refractivity contribution >= 4 is 15.9 Å². The van der Waals surface area contributed by atoms with Crippen LogP contribution in [0.4, 0.5) is 4.39 Å². The molecule has 3 unspecified atom stereocenters. The summed E-state index contributed by atoms with van der Waals surface area (Å²) in [5.74, 6) is -0.586. The van der Waals surface area contributed by atoms with E-state index in [2.05, 4.69) is 5.32 Å². The number of amides is 1. The Morgan fingerprint density at radius 1 is 1.09 bits per heavy atom.